The van der Waals surface area contributed by atoms with Gasteiger partial charge in [-0.2, -0.15) is 0 Å². The maximum Gasteiger partial charge on any atom is 0.268 e. The summed E-state index contributed by atoms with van der Waals surface area (Å²) in [5, 5.41) is 0. The lowest BCUT2D eigenvalue weighted by atomic mass is 9.88. The minimum atomic E-state index is -4.13. The molecule has 0 aromatic rings. The Morgan fingerprint density at radius 1 is 0.846 bits per heavy atom. The molecule has 6 heteroatoms. The van der Waals surface area contributed by atoms with Gasteiger partial charge in [0.1, 0.15) is 13.2 Å². The zero-order valence-corrected chi connectivity index (χ0v) is 18.3. The van der Waals surface area contributed by atoms with E-state index in [1.54, 1.807) is 0 Å². The summed E-state index contributed by atoms with van der Waals surface area (Å²) in [5.74, 6) is 0.874. The van der Waals surface area contributed by atoms with Crippen molar-refractivity contribution >= 4 is 7.82 Å². The standard InChI is InChI=1S/C20H42NO4P/c1-21(2,3)17-19-25-26(22,23)24-18-13-9-12-16-20-14-10-7-5-4-6-8-11-15-20/h20H,4-19H2,1-3H3. The molecule has 0 bridgehead atoms. The van der Waals surface area contributed by atoms with Gasteiger partial charge in [-0.1, -0.05) is 77.0 Å². The van der Waals surface area contributed by atoms with Crippen LogP contribution >= 0.6 is 7.82 Å². The molecule has 0 N–H and O–H groups in total. The van der Waals surface area contributed by atoms with E-state index in [0.717, 1.165) is 18.8 Å². The minimum absolute atomic E-state index is 0.173. The molecule has 26 heavy (non-hydrogen) atoms. The molecule has 1 saturated carbocycles. The molecule has 1 fully saturated rings. The van der Waals surface area contributed by atoms with Crippen molar-refractivity contribution in [2.45, 2.75) is 83.5 Å². The van der Waals surface area contributed by atoms with Crippen LogP contribution < -0.4 is 4.89 Å². The lowest BCUT2D eigenvalue weighted by Gasteiger charge is -2.27. The molecule has 1 rings (SSSR count). The van der Waals surface area contributed by atoms with E-state index in [-0.39, 0.29) is 13.2 Å². The zero-order valence-electron chi connectivity index (χ0n) is 17.4. The first kappa shape index (κ1) is 24.1. The van der Waals surface area contributed by atoms with E-state index in [1.807, 2.05) is 21.1 Å². The molecular weight excluding hydrogens is 349 g/mol. The Hall–Kier alpha value is 0.0700. The molecule has 156 valence electrons. The van der Waals surface area contributed by atoms with Gasteiger partial charge in [0.2, 0.25) is 0 Å². The number of phosphoric ester groups is 1. The number of nitrogens with zero attached hydrogens (tertiary/aromatic N) is 1. The first-order valence-corrected chi connectivity index (χ1v) is 12.2. The van der Waals surface area contributed by atoms with Crippen molar-refractivity contribution in [2.75, 3.05) is 40.9 Å². The Kier molecular flexibility index (Phi) is 12.3. The maximum atomic E-state index is 11.7. The van der Waals surface area contributed by atoms with E-state index in [9.17, 15) is 9.46 Å². The molecule has 0 saturated heterocycles. The number of hydrogen-bond acceptors (Lipinski definition) is 4. The van der Waals surface area contributed by atoms with Crippen LogP contribution in [0.25, 0.3) is 0 Å². The number of quaternary nitrogens is 1. The highest BCUT2D eigenvalue weighted by atomic mass is 31.2. The van der Waals surface area contributed by atoms with Gasteiger partial charge in [0.15, 0.2) is 0 Å². The van der Waals surface area contributed by atoms with E-state index in [4.69, 9.17) is 9.05 Å². The normalized spacial score (nSPS) is 20.6. The van der Waals surface area contributed by atoms with Crippen LogP contribution in [-0.2, 0) is 13.6 Å². The molecule has 0 aliphatic heterocycles. The van der Waals surface area contributed by atoms with Crippen LogP contribution in [-0.4, -0.2) is 45.4 Å². The topological polar surface area (TPSA) is 58.6 Å². The van der Waals surface area contributed by atoms with Crippen molar-refractivity contribution in [3.8, 4) is 0 Å². The first-order chi connectivity index (χ1) is 12.3. The Balaban J connectivity index is 2.06. The molecule has 0 aromatic heterocycles. The Morgan fingerprint density at radius 2 is 1.38 bits per heavy atom. The van der Waals surface area contributed by atoms with Crippen LogP contribution in [0.3, 0.4) is 0 Å². The van der Waals surface area contributed by atoms with Gasteiger partial charge in [-0.15, -0.1) is 0 Å². The fourth-order valence-corrected chi connectivity index (χ4v) is 4.27. The van der Waals surface area contributed by atoms with Gasteiger partial charge in [-0.25, -0.2) is 0 Å². The lowest BCUT2D eigenvalue weighted by molar-refractivity contribution is -0.870. The largest absolute Gasteiger partial charge is 0.756 e. The zero-order chi connectivity index (χ0) is 19.3. The Labute approximate surface area is 161 Å². The fourth-order valence-electron chi connectivity index (χ4n) is 3.53. The fraction of sp³-hybridized carbons (Fsp3) is 1.00. The van der Waals surface area contributed by atoms with Gasteiger partial charge in [0.05, 0.1) is 27.7 Å². The summed E-state index contributed by atoms with van der Waals surface area (Å²) in [4.78, 5) is 11.7. The molecule has 1 unspecified atom stereocenters. The van der Waals surface area contributed by atoms with Gasteiger partial charge in [0, 0.05) is 0 Å². The molecule has 1 aliphatic rings. The third-order valence-corrected chi connectivity index (χ3v) is 6.24. The third kappa shape index (κ3) is 14.2. The number of rotatable bonds is 11. The molecule has 1 aliphatic carbocycles. The van der Waals surface area contributed by atoms with Crippen LogP contribution in [0.5, 0.6) is 0 Å². The van der Waals surface area contributed by atoms with Crippen molar-refractivity contribution in [1.29, 1.82) is 0 Å². The van der Waals surface area contributed by atoms with Crippen molar-refractivity contribution in [2.24, 2.45) is 5.92 Å². The summed E-state index contributed by atoms with van der Waals surface area (Å²) >= 11 is 0. The van der Waals surface area contributed by atoms with Gasteiger partial charge in [-0.3, -0.25) is 4.57 Å². The maximum absolute atomic E-state index is 11.7. The second kappa shape index (κ2) is 13.3. The molecule has 0 radical (unpaired) electrons. The highest BCUT2D eigenvalue weighted by Gasteiger charge is 2.13. The SMILES string of the molecule is C[N+](C)(C)CCOP(=O)([O-])OCCCCCC1CCCCCCCCC1. The molecule has 0 spiro atoms. The van der Waals surface area contributed by atoms with E-state index >= 15 is 0 Å². The summed E-state index contributed by atoms with van der Waals surface area (Å²) in [6.07, 6.45) is 16.9. The van der Waals surface area contributed by atoms with Crippen LogP contribution in [0.2, 0.25) is 0 Å². The van der Waals surface area contributed by atoms with E-state index in [1.165, 1.54) is 70.6 Å². The van der Waals surface area contributed by atoms with Crippen molar-refractivity contribution in [3.05, 3.63) is 0 Å². The third-order valence-electron chi connectivity index (χ3n) is 5.24. The second-order valence-electron chi connectivity index (χ2n) is 8.90. The molecule has 5 nitrogen and oxygen atoms in total. The smallest absolute Gasteiger partial charge is 0.268 e. The van der Waals surface area contributed by atoms with Crippen LogP contribution in [0, 0.1) is 5.92 Å². The van der Waals surface area contributed by atoms with E-state index < -0.39 is 7.82 Å². The van der Waals surface area contributed by atoms with Crippen molar-refractivity contribution in [3.63, 3.8) is 0 Å². The summed E-state index contributed by atoms with van der Waals surface area (Å²) in [6.45, 7) is 1.05. The predicted molar refractivity (Wildman–Crippen MR) is 106 cm³/mol. The van der Waals surface area contributed by atoms with Crippen LogP contribution in [0.15, 0.2) is 0 Å². The predicted octanol–water partition coefficient (Wildman–Crippen LogP) is 4.90. The van der Waals surface area contributed by atoms with Gasteiger partial charge >= 0.3 is 0 Å². The summed E-state index contributed by atoms with van der Waals surface area (Å²) < 4.78 is 22.3. The monoisotopic (exact) mass is 391 g/mol. The average Bonchev–Trinajstić information content (AvgIpc) is 2.55. The molecule has 0 aromatic carbocycles. The van der Waals surface area contributed by atoms with E-state index in [2.05, 4.69) is 0 Å². The number of unbranched alkanes of at least 4 members (excludes halogenated alkanes) is 2. The number of likely N-dealkylation sites (N-methyl/N-ethyl adjacent to an activating group) is 1. The van der Waals surface area contributed by atoms with Gasteiger partial charge in [-0.05, 0) is 12.3 Å². The summed E-state index contributed by atoms with van der Waals surface area (Å²) in [6, 6.07) is 0. The van der Waals surface area contributed by atoms with Gasteiger partial charge in [0.25, 0.3) is 7.82 Å². The van der Waals surface area contributed by atoms with Crippen LogP contribution in [0.1, 0.15) is 83.5 Å². The van der Waals surface area contributed by atoms with Crippen LogP contribution in [0.4, 0.5) is 0 Å². The lowest BCUT2D eigenvalue weighted by Crippen LogP contribution is -2.37. The average molecular weight is 392 g/mol. The minimum Gasteiger partial charge on any atom is -0.756 e. The number of phosphoric acid groups is 1. The van der Waals surface area contributed by atoms with E-state index in [0.29, 0.717) is 11.0 Å². The van der Waals surface area contributed by atoms with Crippen molar-refractivity contribution < 1.29 is 23.0 Å². The van der Waals surface area contributed by atoms with Crippen molar-refractivity contribution in [1.82, 2.24) is 0 Å². The quantitative estimate of drug-likeness (QED) is 0.286. The summed E-state index contributed by atoms with van der Waals surface area (Å²) in [5.41, 5.74) is 0. The highest BCUT2D eigenvalue weighted by Crippen LogP contribution is 2.38. The molecule has 0 amide bonds. The highest BCUT2D eigenvalue weighted by molar-refractivity contribution is 7.45. The molecular formula is C20H42NO4P. The second-order valence-corrected chi connectivity index (χ2v) is 10.3. The first-order valence-electron chi connectivity index (χ1n) is 10.7. The number of hydrogen-bond donors (Lipinski definition) is 0. The summed E-state index contributed by atoms with van der Waals surface area (Å²) in [7, 11) is 1.86. The molecule has 0 heterocycles. The molecule has 1 atom stereocenters. The van der Waals surface area contributed by atoms with Gasteiger partial charge < -0.3 is 18.4 Å². The Bertz CT molecular complexity index is 388. The Morgan fingerprint density at radius 3 is 1.96 bits per heavy atom.